The summed E-state index contributed by atoms with van der Waals surface area (Å²) in [6, 6.07) is 9.28. The Kier molecular flexibility index (Phi) is 5.55. The normalized spacial score (nSPS) is 11.2. The molecule has 0 spiro atoms. The highest BCUT2D eigenvalue weighted by molar-refractivity contribution is 8.01. The van der Waals surface area contributed by atoms with E-state index in [9.17, 15) is 4.79 Å². The molecule has 0 saturated heterocycles. The molecule has 1 aromatic carbocycles. The highest BCUT2D eigenvalue weighted by Crippen LogP contribution is 2.27. The molecule has 0 radical (unpaired) electrons. The van der Waals surface area contributed by atoms with Crippen LogP contribution in [-0.4, -0.2) is 19.8 Å². The van der Waals surface area contributed by atoms with Gasteiger partial charge in [0.25, 0.3) is 5.56 Å². The first-order valence-electron chi connectivity index (χ1n) is 7.95. The molecule has 130 valence electrons. The summed E-state index contributed by atoms with van der Waals surface area (Å²) in [6.07, 6.45) is 2.57. The van der Waals surface area contributed by atoms with E-state index in [0.29, 0.717) is 15.9 Å². The van der Waals surface area contributed by atoms with Gasteiger partial charge in [-0.15, -0.1) is 11.7 Å². The lowest BCUT2D eigenvalue weighted by Gasteiger charge is -2.09. The fourth-order valence-corrected chi connectivity index (χ4v) is 4.47. The predicted octanol–water partition coefficient (Wildman–Crippen LogP) is 3.96. The summed E-state index contributed by atoms with van der Waals surface area (Å²) in [4.78, 5) is 17.4. The fraction of sp³-hybridized carbons (Fsp3) is 0.278. The van der Waals surface area contributed by atoms with Crippen molar-refractivity contribution in [1.82, 2.24) is 14.6 Å². The van der Waals surface area contributed by atoms with Gasteiger partial charge in [-0.25, -0.2) is 4.98 Å². The molecular weight excluding hydrogens is 354 g/mol. The summed E-state index contributed by atoms with van der Waals surface area (Å²) >= 11 is 3.05. The minimum Gasteiger partial charge on any atom is -0.487 e. The van der Waals surface area contributed by atoms with E-state index in [1.54, 1.807) is 11.8 Å². The van der Waals surface area contributed by atoms with E-state index < -0.39 is 0 Å². The molecule has 2 aromatic heterocycles. The highest BCUT2D eigenvalue weighted by Gasteiger charge is 2.11. The van der Waals surface area contributed by atoms with Crippen molar-refractivity contribution in [2.45, 2.75) is 36.5 Å². The van der Waals surface area contributed by atoms with Gasteiger partial charge in [0.05, 0.1) is 5.69 Å². The van der Waals surface area contributed by atoms with Gasteiger partial charge >= 0.3 is 0 Å². The second kappa shape index (κ2) is 7.84. The molecular formula is C18H19N3O2S2. The Morgan fingerprint density at radius 2 is 2.20 bits per heavy atom. The molecule has 0 aliphatic heterocycles. The van der Waals surface area contributed by atoms with Crippen LogP contribution in [0.15, 0.2) is 52.1 Å². The number of rotatable bonds is 7. The van der Waals surface area contributed by atoms with E-state index in [1.165, 1.54) is 21.9 Å². The minimum atomic E-state index is -0.185. The lowest BCUT2D eigenvalue weighted by Crippen LogP contribution is -2.16. The van der Waals surface area contributed by atoms with Gasteiger partial charge in [0.1, 0.15) is 12.4 Å². The maximum Gasteiger partial charge on any atom is 0.275 e. The van der Waals surface area contributed by atoms with Crippen LogP contribution in [-0.2, 0) is 13.0 Å². The number of allylic oxidation sites excluding steroid dienone is 1. The zero-order chi connectivity index (χ0) is 17.8. The molecule has 25 heavy (non-hydrogen) atoms. The Hall–Kier alpha value is -2.12. The van der Waals surface area contributed by atoms with Crippen molar-refractivity contribution >= 4 is 28.1 Å². The molecule has 0 amide bonds. The standard InChI is InChI=1S/C18H19N3O2S2/c1-4-7-13-8-5-6-9-15(13)23-11-14-10-16(22)21-17(19-14)25-18(20-21)24-12(2)3/h4-6,8-10,12H,1,7,11H2,2-3H3. The summed E-state index contributed by atoms with van der Waals surface area (Å²) in [7, 11) is 0. The third kappa shape index (κ3) is 4.29. The molecule has 0 unspecified atom stereocenters. The number of aromatic nitrogens is 3. The van der Waals surface area contributed by atoms with Gasteiger partial charge in [-0.05, 0) is 18.1 Å². The third-order valence-electron chi connectivity index (χ3n) is 3.33. The molecule has 5 nitrogen and oxygen atoms in total. The van der Waals surface area contributed by atoms with Crippen molar-refractivity contribution in [2.24, 2.45) is 0 Å². The molecule has 2 heterocycles. The topological polar surface area (TPSA) is 56.5 Å². The maximum absolute atomic E-state index is 12.3. The lowest BCUT2D eigenvalue weighted by molar-refractivity contribution is 0.298. The average molecular weight is 374 g/mol. The van der Waals surface area contributed by atoms with Crippen molar-refractivity contribution in [1.29, 1.82) is 0 Å². The SMILES string of the molecule is C=CCc1ccccc1OCc1cc(=O)n2nc(SC(C)C)sc2n1. The van der Waals surface area contributed by atoms with Crippen LogP contribution in [0.5, 0.6) is 5.75 Å². The third-order valence-corrected chi connectivity index (χ3v) is 5.32. The van der Waals surface area contributed by atoms with Crippen LogP contribution < -0.4 is 10.3 Å². The summed E-state index contributed by atoms with van der Waals surface area (Å²) in [5.41, 5.74) is 1.47. The first-order chi connectivity index (χ1) is 12.1. The Bertz CT molecular complexity index is 947. The van der Waals surface area contributed by atoms with Crippen LogP contribution in [0.3, 0.4) is 0 Å². The molecule has 0 atom stereocenters. The number of para-hydroxylation sites is 1. The van der Waals surface area contributed by atoms with Crippen LogP contribution in [0.1, 0.15) is 25.1 Å². The predicted molar refractivity (Wildman–Crippen MR) is 103 cm³/mol. The fourth-order valence-electron chi connectivity index (χ4n) is 2.28. The molecule has 0 aliphatic carbocycles. The molecule has 3 aromatic rings. The Balaban J connectivity index is 1.82. The second-order valence-electron chi connectivity index (χ2n) is 5.70. The van der Waals surface area contributed by atoms with Crippen LogP contribution in [0.25, 0.3) is 4.96 Å². The van der Waals surface area contributed by atoms with E-state index in [-0.39, 0.29) is 12.2 Å². The van der Waals surface area contributed by atoms with Gasteiger partial charge in [0, 0.05) is 11.3 Å². The van der Waals surface area contributed by atoms with Crippen LogP contribution in [0, 0.1) is 0 Å². The van der Waals surface area contributed by atoms with Crippen molar-refractivity contribution < 1.29 is 4.74 Å². The van der Waals surface area contributed by atoms with Crippen LogP contribution in [0.2, 0.25) is 0 Å². The monoisotopic (exact) mass is 373 g/mol. The van der Waals surface area contributed by atoms with E-state index in [0.717, 1.165) is 22.1 Å². The molecule has 3 rings (SSSR count). The van der Waals surface area contributed by atoms with E-state index in [1.807, 2.05) is 30.3 Å². The highest BCUT2D eigenvalue weighted by atomic mass is 32.2. The molecule has 0 N–H and O–H groups in total. The zero-order valence-electron chi connectivity index (χ0n) is 14.1. The number of hydrogen-bond acceptors (Lipinski definition) is 6. The van der Waals surface area contributed by atoms with E-state index >= 15 is 0 Å². The minimum absolute atomic E-state index is 0.185. The lowest BCUT2D eigenvalue weighted by atomic mass is 10.1. The molecule has 0 fully saturated rings. The number of nitrogens with zero attached hydrogens (tertiary/aromatic N) is 3. The first kappa shape index (κ1) is 17.7. The van der Waals surface area contributed by atoms with Gasteiger partial charge in [-0.3, -0.25) is 4.79 Å². The molecule has 0 aliphatic rings. The molecule has 7 heteroatoms. The zero-order valence-corrected chi connectivity index (χ0v) is 15.8. The number of thioether (sulfide) groups is 1. The van der Waals surface area contributed by atoms with Gasteiger partial charge < -0.3 is 4.74 Å². The average Bonchev–Trinajstić information content (AvgIpc) is 2.96. The van der Waals surface area contributed by atoms with Crippen LogP contribution in [0.4, 0.5) is 0 Å². The Morgan fingerprint density at radius 3 is 2.96 bits per heavy atom. The Labute approximate surface area is 154 Å². The first-order valence-corrected chi connectivity index (χ1v) is 9.64. The van der Waals surface area contributed by atoms with Crippen molar-refractivity contribution in [3.63, 3.8) is 0 Å². The smallest absolute Gasteiger partial charge is 0.275 e. The summed E-state index contributed by atoms with van der Waals surface area (Å²) in [5.74, 6) is 0.782. The van der Waals surface area contributed by atoms with Crippen molar-refractivity contribution in [3.8, 4) is 5.75 Å². The number of hydrogen-bond donors (Lipinski definition) is 0. The van der Waals surface area contributed by atoms with Crippen molar-refractivity contribution in [3.05, 3.63) is 64.6 Å². The largest absolute Gasteiger partial charge is 0.487 e. The van der Waals surface area contributed by atoms with E-state index in [2.05, 4.69) is 30.5 Å². The Morgan fingerprint density at radius 1 is 1.40 bits per heavy atom. The molecule has 0 saturated carbocycles. The number of fused-ring (bicyclic) bond motifs is 1. The van der Waals surface area contributed by atoms with Gasteiger partial charge in [0.2, 0.25) is 4.96 Å². The van der Waals surface area contributed by atoms with E-state index in [4.69, 9.17) is 4.74 Å². The number of ether oxygens (including phenoxy) is 1. The summed E-state index contributed by atoms with van der Waals surface area (Å²) in [5, 5.41) is 4.72. The molecule has 0 bridgehead atoms. The second-order valence-corrected chi connectivity index (χ2v) is 8.48. The van der Waals surface area contributed by atoms with Crippen LogP contribution >= 0.6 is 23.1 Å². The van der Waals surface area contributed by atoms with Gasteiger partial charge in [-0.2, -0.15) is 4.52 Å². The summed E-state index contributed by atoms with van der Waals surface area (Å²) in [6.45, 7) is 8.19. The maximum atomic E-state index is 12.3. The van der Waals surface area contributed by atoms with Gasteiger partial charge in [-0.1, -0.05) is 61.2 Å². The van der Waals surface area contributed by atoms with Crippen molar-refractivity contribution in [2.75, 3.05) is 0 Å². The quantitative estimate of drug-likeness (QED) is 0.463. The van der Waals surface area contributed by atoms with Gasteiger partial charge in [0.15, 0.2) is 4.34 Å². The number of benzene rings is 1. The summed E-state index contributed by atoms with van der Waals surface area (Å²) < 4.78 is 8.07.